The normalized spacial score (nSPS) is 11.1. The van der Waals surface area contributed by atoms with Crippen LogP contribution in [0.25, 0.3) is 10.9 Å². The molecule has 0 aliphatic heterocycles. The number of halogens is 2. The van der Waals surface area contributed by atoms with Crippen molar-refractivity contribution < 1.29 is 9.31 Å². The minimum absolute atomic E-state index is 0.0378. The van der Waals surface area contributed by atoms with E-state index in [2.05, 4.69) is 15.3 Å². The minimum atomic E-state index is -0.536. The summed E-state index contributed by atoms with van der Waals surface area (Å²) >= 11 is 5.83. The molecule has 0 aliphatic carbocycles. The van der Waals surface area contributed by atoms with Gasteiger partial charge in [-0.3, -0.25) is 10.1 Å². The Balaban J connectivity index is 2.04. The maximum absolute atomic E-state index is 13.4. The van der Waals surface area contributed by atoms with Crippen molar-refractivity contribution in [2.24, 2.45) is 0 Å². The van der Waals surface area contributed by atoms with Gasteiger partial charge in [0, 0.05) is 37.3 Å². The second-order valence-corrected chi connectivity index (χ2v) is 7.22. The number of hydrogen-bond donors (Lipinski definition) is 1. The molecule has 1 heterocycles. The Kier molecular flexibility index (Phi) is 6.09. The van der Waals surface area contributed by atoms with Crippen molar-refractivity contribution in [1.82, 2.24) is 14.9 Å². The lowest BCUT2D eigenvalue weighted by Crippen LogP contribution is -2.28. The summed E-state index contributed by atoms with van der Waals surface area (Å²) in [6, 6.07) is 7.28. The van der Waals surface area contributed by atoms with Gasteiger partial charge in [0.2, 0.25) is 0 Å². The first kappa shape index (κ1) is 20.7. The second kappa shape index (κ2) is 8.54. The predicted octanol–water partition coefficient (Wildman–Crippen LogP) is 4.07. The fourth-order valence-electron chi connectivity index (χ4n) is 2.81. The fraction of sp³-hybridized carbons (Fsp3) is 0.263. The molecule has 29 heavy (non-hydrogen) atoms. The minimum Gasteiger partial charge on any atom is -0.368 e. The average Bonchev–Trinajstić information content (AvgIpc) is 2.68. The van der Waals surface area contributed by atoms with Gasteiger partial charge in [-0.05, 0) is 38.4 Å². The van der Waals surface area contributed by atoms with E-state index in [0.29, 0.717) is 34.6 Å². The Morgan fingerprint density at radius 3 is 2.59 bits per heavy atom. The number of nitrogens with one attached hydrogen (secondary N) is 1. The quantitative estimate of drug-likeness (QED) is 0.457. The molecule has 0 aliphatic rings. The van der Waals surface area contributed by atoms with Crippen molar-refractivity contribution in [1.29, 1.82) is 0 Å². The van der Waals surface area contributed by atoms with Gasteiger partial charge in [0.1, 0.15) is 23.6 Å². The summed E-state index contributed by atoms with van der Waals surface area (Å²) in [5.74, 6) is -0.172. The van der Waals surface area contributed by atoms with Crippen LogP contribution in [0.4, 0.5) is 27.3 Å². The van der Waals surface area contributed by atoms with Gasteiger partial charge in [0.05, 0.1) is 15.5 Å². The summed E-state index contributed by atoms with van der Waals surface area (Å²) in [4.78, 5) is 23.6. The van der Waals surface area contributed by atoms with Gasteiger partial charge in [-0.15, -0.1) is 0 Å². The van der Waals surface area contributed by atoms with Crippen LogP contribution in [0.15, 0.2) is 36.7 Å². The molecular formula is C19H20ClFN6O2. The molecule has 1 N–H and O–H groups in total. The molecule has 2 aromatic carbocycles. The molecule has 3 rings (SSSR count). The van der Waals surface area contributed by atoms with Crippen LogP contribution in [0.1, 0.15) is 0 Å². The summed E-state index contributed by atoms with van der Waals surface area (Å²) in [6.45, 7) is 1.36. The SMILES string of the molecule is CN(C)CCN(C)c1cc2ncnc(Nc3ccc(F)c(Cl)c3)c2cc1[N+](=O)[O-]. The molecular weight excluding hydrogens is 399 g/mol. The molecule has 0 fully saturated rings. The number of likely N-dealkylation sites (N-methyl/N-ethyl adjacent to an activating group) is 2. The molecule has 0 saturated heterocycles. The number of benzene rings is 2. The second-order valence-electron chi connectivity index (χ2n) is 6.82. The van der Waals surface area contributed by atoms with Crippen LogP contribution < -0.4 is 10.2 Å². The first-order chi connectivity index (χ1) is 13.8. The monoisotopic (exact) mass is 418 g/mol. The molecule has 10 heteroatoms. The maximum atomic E-state index is 13.4. The first-order valence-corrected chi connectivity index (χ1v) is 9.15. The first-order valence-electron chi connectivity index (χ1n) is 8.77. The molecule has 0 amide bonds. The molecule has 0 saturated carbocycles. The number of rotatable bonds is 7. The van der Waals surface area contributed by atoms with Crippen LogP contribution in [0.5, 0.6) is 0 Å². The Labute approximate surface area is 172 Å². The highest BCUT2D eigenvalue weighted by Gasteiger charge is 2.21. The Morgan fingerprint density at radius 2 is 1.93 bits per heavy atom. The van der Waals surface area contributed by atoms with Crippen LogP contribution in [0.2, 0.25) is 5.02 Å². The van der Waals surface area contributed by atoms with Gasteiger partial charge < -0.3 is 15.1 Å². The summed E-state index contributed by atoms with van der Waals surface area (Å²) in [5.41, 5.74) is 1.48. The summed E-state index contributed by atoms with van der Waals surface area (Å²) in [6.07, 6.45) is 1.37. The van der Waals surface area contributed by atoms with E-state index in [9.17, 15) is 14.5 Å². The summed E-state index contributed by atoms with van der Waals surface area (Å²) in [5, 5.41) is 15.2. The van der Waals surface area contributed by atoms with Crippen molar-refractivity contribution in [3.8, 4) is 0 Å². The van der Waals surface area contributed by atoms with E-state index in [4.69, 9.17) is 11.6 Å². The average molecular weight is 419 g/mol. The highest BCUT2D eigenvalue weighted by Crippen LogP contribution is 2.35. The third-order valence-corrected chi connectivity index (χ3v) is 4.69. The molecule has 3 aromatic rings. The van der Waals surface area contributed by atoms with Crippen LogP contribution in [-0.2, 0) is 0 Å². The van der Waals surface area contributed by atoms with Crippen LogP contribution in [0, 0.1) is 15.9 Å². The molecule has 0 bridgehead atoms. The van der Waals surface area contributed by atoms with Gasteiger partial charge in [-0.1, -0.05) is 11.6 Å². The lowest BCUT2D eigenvalue weighted by molar-refractivity contribution is -0.384. The number of aromatic nitrogens is 2. The van der Waals surface area contributed by atoms with E-state index in [-0.39, 0.29) is 10.7 Å². The molecule has 152 valence electrons. The zero-order valence-corrected chi connectivity index (χ0v) is 16.9. The smallest absolute Gasteiger partial charge is 0.293 e. The van der Waals surface area contributed by atoms with Gasteiger partial charge >= 0.3 is 0 Å². The van der Waals surface area contributed by atoms with Crippen molar-refractivity contribution >= 4 is 45.4 Å². The number of nitro groups is 1. The highest BCUT2D eigenvalue weighted by molar-refractivity contribution is 6.31. The molecule has 8 nitrogen and oxygen atoms in total. The lowest BCUT2D eigenvalue weighted by atomic mass is 10.1. The van der Waals surface area contributed by atoms with E-state index in [1.165, 1.54) is 30.6 Å². The third kappa shape index (κ3) is 4.69. The van der Waals surface area contributed by atoms with Gasteiger partial charge in [0.15, 0.2) is 0 Å². The zero-order valence-electron chi connectivity index (χ0n) is 16.2. The summed E-state index contributed by atoms with van der Waals surface area (Å²) < 4.78 is 13.4. The Hall–Kier alpha value is -3.04. The van der Waals surface area contributed by atoms with E-state index in [1.807, 2.05) is 23.9 Å². The van der Waals surface area contributed by atoms with E-state index < -0.39 is 10.7 Å². The largest absolute Gasteiger partial charge is 0.368 e. The Bertz CT molecular complexity index is 1060. The van der Waals surface area contributed by atoms with Crippen molar-refractivity contribution in [3.05, 3.63) is 57.6 Å². The molecule has 0 unspecified atom stereocenters. The third-order valence-electron chi connectivity index (χ3n) is 4.40. The molecule has 0 spiro atoms. The zero-order chi connectivity index (χ0) is 21.1. The number of nitro benzene ring substituents is 1. The predicted molar refractivity (Wildman–Crippen MR) is 113 cm³/mol. The number of hydrogen-bond acceptors (Lipinski definition) is 7. The summed E-state index contributed by atoms with van der Waals surface area (Å²) in [7, 11) is 5.68. The lowest BCUT2D eigenvalue weighted by Gasteiger charge is -2.22. The van der Waals surface area contributed by atoms with E-state index in [0.717, 1.165) is 6.54 Å². The Morgan fingerprint density at radius 1 is 1.17 bits per heavy atom. The topological polar surface area (TPSA) is 87.4 Å². The van der Waals surface area contributed by atoms with Crippen molar-refractivity contribution in [2.45, 2.75) is 0 Å². The van der Waals surface area contributed by atoms with Crippen molar-refractivity contribution in [3.63, 3.8) is 0 Å². The van der Waals surface area contributed by atoms with Gasteiger partial charge in [-0.25, -0.2) is 14.4 Å². The molecule has 1 aromatic heterocycles. The standard InChI is InChI=1S/C19H20ClFN6O2/c1-25(2)6-7-26(3)17-10-16-13(9-18(17)27(28)29)19(23-11-22-16)24-12-4-5-15(21)14(20)8-12/h4-5,8-11H,6-7H2,1-3H3,(H,22,23,24). The molecule has 0 atom stereocenters. The number of nitrogens with zero attached hydrogens (tertiary/aromatic N) is 5. The van der Waals surface area contributed by atoms with Gasteiger partial charge in [-0.2, -0.15) is 0 Å². The van der Waals surface area contributed by atoms with E-state index >= 15 is 0 Å². The van der Waals surface area contributed by atoms with Crippen molar-refractivity contribution in [2.75, 3.05) is 44.4 Å². The molecule has 0 radical (unpaired) electrons. The number of fused-ring (bicyclic) bond motifs is 1. The van der Waals surface area contributed by atoms with Crippen LogP contribution in [0.3, 0.4) is 0 Å². The number of anilines is 3. The maximum Gasteiger partial charge on any atom is 0.293 e. The van der Waals surface area contributed by atoms with Gasteiger partial charge in [0.25, 0.3) is 5.69 Å². The fourth-order valence-corrected chi connectivity index (χ4v) is 2.99. The van der Waals surface area contributed by atoms with Crippen LogP contribution in [-0.4, -0.2) is 54.0 Å². The highest BCUT2D eigenvalue weighted by atomic mass is 35.5. The van der Waals surface area contributed by atoms with E-state index in [1.54, 1.807) is 13.1 Å². The van der Waals surface area contributed by atoms with Crippen LogP contribution >= 0.6 is 11.6 Å².